The van der Waals surface area contributed by atoms with Gasteiger partial charge < -0.3 is 5.32 Å². The Hall–Kier alpha value is -2.50. The molecular weight excluding hydrogens is 390 g/mol. The van der Waals surface area contributed by atoms with Gasteiger partial charge in [-0.25, -0.2) is 4.98 Å². The molecule has 2 heterocycles. The number of piperidine rings is 1. The summed E-state index contributed by atoms with van der Waals surface area (Å²) in [7, 11) is 0. The predicted octanol–water partition coefficient (Wildman–Crippen LogP) is 4.83. The van der Waals surface area contributed by atoms with E-state index in [0.29, 0.717) is 18.9 Å². The Kier molecular flexibility index (Phi) is 6.92. The van der Waals surface area contributed by atoms with Gasteiger partial charge in [-0.1, -0.05) is 60.7 Å². The average Bonchev–Trinajstić information content (AvgIpc) is 3.16. The molecule has 0 bridgehead atoms. The van der Waals surface area contributed by atoms with Crippen LogP contribution in [0.1, 0.15) is 34.7 Å². The summed E-state index contributed by atoms with van der Waals surface area (Å²) >= 11 is 1.70. The van der Waals surface area contributed by atoms with Crippen LogP contribution in [-0.4, -0.2) is 34.9 Å². The maximum Gasteiger partial charge on any atom is 0.220 e. The number of hydrogen-bond acceptors (Lipinski definition) is 4. The Bertz CT molecular complexity index is 947. The van der Waals surface area contributed by atoms with Gasteiger partial charge in [0.1, 0.15) is 0 Å². The SMILES string of the molecule is Cc1sc(CCC(=O)NC2CCN(Cc3ccccc3)CC2)nc1-c1ccccc1. The lowest BCUT2D eigenvalue weighted by Crippen LogP contribution is -2.44. The van der Waals surface area contributed by atoms with Crippen LogP contribution in [0.4, 0.5) is 0 Å². The first-order chi connectivity index (χ1) is 14.7. The van der Waals surface area contributed by atoms with E-state index in [1.807, 2.05) is 18.2 Å². The Morgan fingerprint density at radius 2 is 1.73 bits per heavy atom. The van der Waals surface area contributed by atoms with Crippen LogP contribution >= 0.6 is 11.3 Å². The lowest BCUT2D eigenvalue weighted by Gasteiger charge is -2.32. The Balaban J connectivity index is 1.21. The summed E-state index contributed by atoms with van der Waals surface area (Å²) in [6.45, 7) is 5.17. The van der Waals surface area contributed by atoms with E-state index in [0.717, 1.165) is 48.7 Å². The van der Waals surface area contributed by atoms with Gasteiger partial charge in [-0.05, 0) is 25.3 Å². The van der Waals surface area contributed by atoms with Crippen molar-refractivity contribution in [3.8, 4) is 11.3 Å². The van der Waals surface area contributed by atoms with Gasteiger partial charge in [0.25, 0.3) is 0 Å². The Labute approximate surface area is 183 Å². The van der Waals surface area contributed by atoms with E-state index in [2.05, 4.69) is 59.6 Å². The molecule has 0 unspecified atom stereocenters. The minimum atomic E-state index is 0.144. The van der Waals surface area contributed by atoms with Crippen molar-refractivity contribution in [2.75, 3.05) is 13.1 Å². The van der Waals surface area contributed by atoms with Gasteiger partial charge in [-0.3, -0.25) is 9.69 Å². The van der Waals surface area contributed by atoms with Crippen molar-refractivity contribution in [2.24, 2.45) is 0 Å². The quantitative estimate of drug-likeness (QED) is 0.596. The summed E-state index contributed by atoms with van der Waals surface area (Å²) < 4.78 is 0. The summed E-state index contributed by atoms with van der Waals surface area (Å²) in [5, 5.41) is 4.28. The first kappa shape index (κ1) is 20.8. The summed E-state index contributed by atoms with van der Waals surface area (Å²) in [4.78, 5) is 20.9. The number of carbonyl (C=O) groups excluding carboxylic acids is 1. The third kappa shape index (κ3) is 5.55. The van der Waals surface area contributed by atoms with Gasteiger partial charge in [-0.2, -0.15) is 0 Å². The van der Waals surface area contributed by atoms with Crippen molar-refractivity contribution < 1.29 is 4.79 Å². The number of nitrogens with zero attached hydrogens (tertiary/aromatic N) is 2. The summed E-state index contributed by atoms with van der Waals surface area (Å²) in [5.74, 6) is 0.144. The monoisotopic (exact) mass is 419 g/mol. The predicted molar refractivity (Wildman–Crippen MR) is 123 cm³/mol. The van der Waals surface area contributed by atoms with Gasteiger partial charge in [0.2, 0.25) is 5.91 Å². The molecule has 30 heavy (non-hydrogen) atoms. The van der Waals surface area contributed by atoms with Gasteiger partial charge in [0.05, 0.1) is 10.7 Å². The Morgan fingerprint density at radius 3 is 2.43 bits per heavy atom. The van der Waals surface area contributed by atoms with Crippen LogP contribution in [-0.2, 0) is 17.8 Å². The average molecular weight is 420 g/mol. The van der Waals surface area contributed by atoms with Crippen LogP contribution in [0.25, 0.3) is 11.3 Å². The number of amides is 1. The second-order valence-corrected chi connectivity index (χ2v) is 9.27. The van der Waals surface area contributed by atoms with Crippen molar-refractivity contribution in [3.05, 3.63) is 76.1 Å². The standard InChI is InChI=1S/C25H29N3OS/c1-19-25(21-10-6-3-7-11-21)27-24(30-19)13-12-23(29)26-22-14-16-28(17-15-22)18-20-8-4-2-5-9-20/h2-11,22H,12-18H2,1H3,(H,26,29). The van der Waals surface area contributed by atoms with Crippen molar-refractivity contribution in [1.29, 1.82) is 0 Å². The number of aryl methyl sites for hydroxylation is 2. The zero-order chi connectivity index (χ0) is 20.8. The molecule has 1 aliphatic heterocycles. The van der Waals surface area contributed by atoms with E-state index in [1.54, 1.807) is 11.3 Å². The first-order valence-corrected chi connectivity index (χ1v) is 11.6. The van der Waals surface area contributed by atoms with Gasteiger partial charge in [0, 0.05) is 49.0 Å². The van der Waals surface area contributed by atoms with Crippen LogP contribution in [0.3, 0.4) is 0 Å². The largest absolute Gasteiger partial charge is 0.353 e. The molecular formula is C25H29N3OS. The summed E-state index contributed by atoms with van der Waals surface area (Å²) in [6.07, 6.45) is 3.25. The van der Waals surface area contributed by atoms with Crippen molar-refractivity contribution in [1.82, 2.24) is 15.2 Å². The number of likely N-dealkylation sites (tertiary alicyclic amines) is 1. The van der Waals surface area contributed by atoms with Crippen molar-refractivity contribution in [3.63, 3.8) is 0 Å². The van der Waals surface area contributed by atoms with Crippen LogP contribution in [0, 0.1) is 6.92 Å². The minimum Gasteiger partial charge on any atom is -0.353 e. The van der Waals surface area contributed by atoms with Crippen LogP contribution < -0.4 is 5.32 Å². The van der Waals surface area contributed by atoms with E-state index in [9.17, 15) is 4.79 Å². The summed E-state index contributed by atoms with van der Waals surface area (Å²) in [6, 6.07) is 21.1. The number of thiazole rings is 1. The molecule has 0 spiro atoms. The number of carbonyl (C=O) groups is 1. The molecule has 0 aliphatic carbocycles. The van der Waals surface area contributed by atoms with Gasteiger partial charge in [-0.15, -0.1) is 11.3 Å². The molecule has 1 aliphatic rings. The highest BCUT2D eigenvalue weighted by Gasteiger charge is 2.21. The van der Waals surface area contributed by atoms with Crippen LogP contribution in [0.5, 0.6) is 0 Å². The van der Waals surface area contributed by atoms with Crippen molar-refractivity contribution in [2.45, 2.75) is 45.2 Å². The number of nitrogens with one attached hydrogen (secondary N) is 1. The highest BCUT2D eigenvalue weighted by atomic mass is 32.1. The molecule has 0 atom stereocenters. The molecule has 156 valence electrons. The highest BCUT2D eigenvalue weighted by molar-refractivity contribution is 7.12. The van der Waals surface area contributed by atoms with Crippen molar-refractivity contribution >= 4 is 17.2 Å². The minimum absolute atomic E-state index is 0.144. The van der Waals surface area contributed by atoms with Crippen LogP contribution in [0.2, 0.25) is 0 Å². The third-order valence-electron chi connectivity index (χ3n) is 5.66. The molecule has 5 heteroatoms. The smallest absolute Gasteiger partial charge is 0.220 e. The number of benzene rings is 2. The fourth-order valence-electron chi connectivity index (χ4n) is 4.02. The zero-order valence-corrected chi connectivity index (χ0v) is 18.3. The number of aromatic nitrogens is 1. The molecule has 4 nitrogen and oxygen atoms in total. The highest BCUT2D eigenvalue weighted by Crippen LogP contribution is 2.28. The summed E-state index contributed by atoms with van der Waals surface area (Å²) in [5.41, 5.74) is 3.54. The van der Waals surface area contributed by atoms with Gasteiger partial charge >= 0.3 is 0 Å². The molecule has 1 saturated heterocycles. The first-order valence-electron chi connectivity index (χ1n) is 10.7. The molecule has 1 N–H and O–H groups in total. The molecule has 0 radical (unpaired) electrons. The van der Waals surface area contributed by atoms with E-state index in [-0.39, 0.29) is 5.91 Å². The fraction of sp³-hybridized carbons (Fsp3) is 0.360. The molecule has 0 saturated carbocycles. The molecule has 4 rings (SSSR count). The Morgan fingerprint density at radius 1 is 1.07 bits per heavy atom. The second-order valence-electron chi connectivity index (χ2n) is 7.98. The fourth-order valence-corrected chi connectivity index (χ4v) is 4.97. The number of hydrogen-bond donors (Lipinski definition) is 1. The van der Waals surface area contributed by atoms with E-state index < -0.39 is 0 Å². The van der Waals surface area contributed by atoms with Gasteiger partial charge in [0.15, 0.2) is 0 Å². The zero-order valence-electron chi connectivity index (χ0n) is 17.5. The maximum absolute atomic E-state index is 12.5. The van der Waals surface area contributed by atoms with E-state index in [1.165, 1.54) is 10.4 Å². The lowest BCUT2D eigenvalue weighted by molar-refractivity contribution is -0.122. The normalized spacial score (nSPS) is 15.2. The number of rotatable bonds is 7. The maximum atomic E-state index is 12.5. The second kappa shape index (κ2) is 10.0. The lowest BCUT2D eigenvalue weighted by atomic mass is 10.0. The topological polar surface area (TPSA) is 45.2 Å². The molecule has 1 amide bonds. The van der Waals surface area contributed by atoms with E-state index >= 15 is 0 Å². The molecule has 2 aromatic carbocycles. The van der Waals surface area contributed by atoms with Crippen LogP contribution in [0.15, 0.2) is 60.7 Å². The molecule has 1 aromatic heterocycles. The molecule has 1 fully saturated rings. The van der Waals surface area contributed by atoms with E-state index in [4.69, 9.17) is 4.98 Å². The third-order valence-corrected chi connectivity index (χ3v) is 6.69. The molecule has 3 aromatic rings.